The number of alkyl halides is 2. The third-order valence-electron chi connectivity index (χ3n) is 5.16. The fourth-order valence-electron chi connectivity index (χ4n) is 3.52. The van der Waals surface area contributed by atoms with Crippen molar-refractivity contribution in [1.29, 1.82) is 0 Å². The molecule has 1 aliphatic heterocycles. The Morgan fingerprint density at radius 2 is 2.03 bits per heavy atom. The lowest BCUT2D eigenvalue weighted by atomic mass is 10.0. The van der Waals surface area contributed by atoms with Crippen LogP contribution in [0.5, 0.6) is 0 Å². The molecule has 9 heteroatoms. The van der Waals surface area contributed by atoms with Crippen LogP contribution in [-0.2, 0) is 30.7 Å². The molecule has 2 aromatic heterocycles. The Bertz CT molecular complexity index is 1050. The highest BCUT2D eigenvalue weighted by Crippen LogP contribution is 2.26. The van der Waals surface area contributed by atoms with E-state index in [2.05, 4.69) is 15.5 Å². The van der Waals surface area contributed by atoms with Gasteiger partial charge in [-0.1, -0.05) is 30.3 Å². The van der Waals surface area contributed by atoms with Gasteiger partial charge >= 0.3 is 0 Å². The minimum absolute atomic E-state index is 0.0148. The molecule has 0 radical (unpaired) electrons. The average Bonchev–Trinajstić information content (AvgIpc) is 3.40. The van der Waals surface area contributed by atoms with E-state index in [0.29, 0.717) is 31.6 Å². The minimum Gasteiger partial charge on any atom is -0.346 e. The number of thiophene rings is 1. The van der Waals surface area contributed by atoms with Crippen LogP contribution in [0, 0.1) is 0 Å². The highest BCUT2D eigenvalue weighted by Gasteiger charge is 2.26. The van der Waals surface area contributed by atoms with Gasteiger partial charge in [0.25, 0.3) is 12.3 Å². The first-order chi connectivity index (χ1) is 14.5. The van der Waals surface area contributed by atoms with Crippen LogP contribution in [0.15, 0.2) is 41.1 Å². The second-order valence-corrected chi connectivity index (χ2v) is 7.82. The molecule has 0 saturated heterocycles. The molecule has 0 bridgehead atoms. The Kier molecular flexibility index (Phi) is 5.89. The first kappa shape index (κ1) is 20.2. The first-order valence-electron chi connectivity index (χ1n) is 9.52. The van der Waals surface area contributed by atoms with Crippen molar-refractivity contribution in [3.05, 3.63) is 74.7 Å². The topological polar surface area (TPSA) is 78.1 Å². The van der Waals surface area contributed by atoms with Gasteiger partial charge in [-0.05, 0) is 5.56 Å². The van der Waals surface area contributed by atoms with Crippen LogP contribution in [0.3, 0.4) is 0 Å². The summed E-state index contributed by atoms with van der Waals surface area (Å²) >= 11 is 1.07. The van der Waals surface area contributed by atoms with E-state index in [9.17, 15) is 18.4 Å². The van der Waals surface area contributed by atoms with Crippen LogP contribution in [0.2, 0.25) is 0 Å². The van der Waals surface area contributed by atoms with Gasteiger partial charge in [-0.2, -0.15) is 16.4 Å². The number of hydrogen-bond acceptors (Lipinski definition) is 4. The van der Waals surface area contributed by atoms with E-state index in [4.69, 9.17) is 0 Å². The van der Waals surface area contributed by atoms with E-state index in [0.717, 1.165) is 28.2 Å². The maximum atomic E-state index is 13.0. The lowest BCUT2D eigenvalue weighted by Gasteiger charge is -2.27. The molecule has 1 aromatic carbocycles. The van der Waals surface area contributed by atoms with E-state index in [1.807, 2.05) is 30.3 Å². The Morgan fingerprint density at radius 1 is 1.23 bits per heavy atom. The molecule has 6 nitrogen and oxygen atoms in total. The number of rotatable bonds is 6. The molecule has 30 heavy (non-hydrogen) atoms. The van der Waals surface area contributed by atoms with E-state index in [-0.39, 0.29) is 23.6 Å². The lowest BCUT2D eigenvalue weighted by molar-refractivity contribution is -0.131. The summed E-state index contributed by atoms with van der Waals surface area (Å²) in [5.41, 5.74) is 3.11. The molecule has 2 amide bonds. The van der Waals surface area contributed by atoms with Crippen LogP contribution in [-0.4, -0.2) is 33.5 Å². The van der Waals surface area contributed by atoms with E-state index in [1.54, 1.807) is 4.90 Å². The fourth-order valence-corrected chi connectivity index (χ4v) is 4.34. The predicted molar refractivity (Wildman–Crippen MR) is 108 cm³/mol. The van der Waals surface area contributed by atoms with E-state index >= 15 is 0 Å². The second kappa shape index (κ2) is 8.74. The van der Waals surface area contributed by atoms with Crippen LogP contribution in [0.4, 0.5) is 8.78 Å². The fraction of sp³-hybridized carbons (Fsp3) is 0.286. The van der Waals surface area contributed by atoms with Crippen molar-refractivity contribution < 1.29 is 18.4 Å². The van der Waals surface area contributed by atoms with Crippen molar-refractivity contribution in [2.75, 3.05) is 6.54 Å². The third kappa shape index (κ3) is 4.25. The quantitative estimate of drug-likeness (QED) is 0.629. The third-order valence-corrected chi connectivity index (χ3v) is 5.92. The molecule has 156 valence electrons. The van der Waals surface area contributed by atoms with Gasteiger partial charge in [0.1, 0.15) is 0 Å². The number of halogens is 2. The van der Waals surface area contributed by atoms with Gasteiger partial charge in [0.05, 0.1) is 24.2 Å². The summed E-state index contributed by atoms with van der Waals surface area (Å²) in [4.78, 5) is 26.8. The molecule has 3 heterocycles. The van der Waals surface area contributed by atoms with Gasteiger partial charge in [-0.25, -0.2) is 8.78 Å². The van der Waals surface area contributed by atoms with Crippen LogP contribution in [0.1, 0.15) is 44.9 Å². The molecule has 0 atom stereocenters. The maximum absolute atomic E-state index is 13.0. The van der Waals surface area contributed by atoms with Crippen LogP contribution >= 0.6 is 11.3 Å². The lowest BCUT2D eigenvalue weighted by Crippen LogP contribution is -2.37. The van der Waals surface area contributed by atoms with Crippen LogP contribution < -0.4 is 5.32 Å². The van der Waals surface area contributed by atoms with Crippen LogP contribution in [0.25, 0.3) is 0 Å². The molecule has 1 aliphatic rings. The number of amides is 2. The maximum Gasteiger partial charge on any atom is 0.265 e. The van der Waals surface area contributed by atoms with Gasteiger partial charge < -0.3 is 10.2 Å². The molecular weight excluding hydrogens is 410 g/mol. The van der Waals surface area contributed by atoms with Gasteiger partial charge in [0.15, 0.2) is 0 Å². The van der Waals surface area contributed by atoms with Crippen molar-refractivity contribution in [2.24, 2.45) is 0 Å². The zero-order chi connectivity index (χ0) is 21.1. The minimum atomic E-state index is -2.70. The van der Waals surface area contributed by atoms with Crippen molar-refractivity contribution in [1.82, 2.24) is 20.4 Å². The monoisotopic (exact) mass is 430 g/mol. The van der Waals surface area contributed by atoms with Crippen molar-refractivity contribution in [2.45, 2.75) is 32.4 Å². The van der Waals surface area contributed by atoms with Gasteiger partial charge in [-0.15, -0.1) is 0 Å². The summed E-state index contributed by atoms with van der Waals surface area (Å²) in [5.74, 6) is -0.529. The van der Waals surface area contributed by atoms with E-state index < -0.39 is 12.3 Å². The normalized spacial score (nSPS) is 13.4. The number of carbonyl (C=O) groups excluding carboxylic acids is 2. The highest BCUT2D eigenvalue weighted by atomic mass is 32.1. The number of benzene rings is 1. The van der Waals surface area contributed by atoms with Crippen molar-refractivity contribution in [3.8, 4) is 0 Å². The molecule has 0 aliphatic carbocycles. The number of aromatic amines is 1. The largest absolute Gasteiger partial charge is 0.346 e. The molecule has 0 fully saturated rings. The summed E-state index contributed by atoms with van der Waals surface area (Å²) in [6.07, 6.45) is -1.72. The molecule has 2 N–H and O–H groups in total. The number of nitrogens with zero attached hydrogens (tertiary/aromatic N) is 2. The van der Waals surface area contributed by atoms with Crippen molar-refractivity contribution in [3.63, 3.8) is 0 Å². The number of carbonyl (C=O) groups is 2. The Hall–Kier alpha value is -3.07. The standard InChI is InChI=1S/C21H20F2N4O2S/c22-20(23)15-11-30-12-16(15)21(29)24-9-18-14-10-27(7-6-17(14)25-26-18)19(28)8-13-4-2-1-3-5-13/h1-5,11-12,20H,6-10H2,(H,24,29)(H,25,26). The molecule has 0 unspecified atom stereocenters. The number of hydrogen-bond donors (Lipinski definition) is 2. The molecular formula is C21H20F2N4O2S. The molecule has 0 spiro atoms. The first-order valence-corrected chi connectivity index (χ1v) is 10.5. The summed E-state index contributed by atoms with van der Waals surface area (Å²) < 4.78 is 26.0. The molecule has 4 rings (SSSR count). The SMILES string of the molecule is O=C(NCc1n[nH]c2c1CN(C(=O)Cc1ccccc1)CC2)c1cscc1C(F)F. The van der Waals surface area contributed by atoms with Gasteiger partial charge in [-0.3, -0.25) is 14.7 Å². The molecule has 0 saturated carbocycles. The Balaban J connectivity index is 1.41. The number of fused-ring (bicyclic) bond motifs is 1. The summed E-state index contributed by atoms with van der Waals surface area (Å²) in [6, 6.07) is 9.56. The average molecular weight is 430 g/mol. The Morgan fingerprint density at radius 3 is 2.80 bits per heavy atom. The summed E-state index contributed by atoms with van der Waals surface area (Å²) in [5, 5.41) is 12.6. The number of H-pyrrole nitrogens is 1. The highest BCUT2D eigenvalue weighted by molar-refractivity contribution is 7.08. The number of nitrogens with one attached hydrogen (secondary N) is 2. The van der Waals surface area contributed by atoms with Gasteiger partial charge in [0.2, 0.25) is 5.91 Å². The Labute approximate surface area is 175 Å². The summed E-state index contributed by atoms with van der Waals surface area (Å²) in [6.45, 7) is 1.10. The van der Waals surface area contributed by atoms with E-state index in [1.165, 1.54) is 10.8 Å². The summed E-state index contributed by atoms with van der Waals surface area (Å²) in [7, 11) is 0. The smallest absolute Gasteiger partial charge is 0.265 e. The second-order valence-electron chi connectivity index (χ2n) is 7.08. The van der Waals surface area contributed by atoms with Crippen molar-refractivity contribution >= 4 is 23.2 Å². The zero-order valence-corrected chi connectivity index (χ0v) is 16.8. The van der Waals surface area contributed by atoms with Gasteiger partial charge in [0, 0.05) is 47.1 Å². The zero-order valence-electron chi connectivity index (χ0n) is 16.0. The molecule has 3 aromatic rings. The number of aromatic nitrogens is 2. The predicted octanol–water partition coefficient (Wildman–Crippen LogP) is 3.47.